The lowest BCUT2D eigenvalue weighted by molar-refractivity contribution is 0.123. The molecule has 23 heavy (non-hydrogen) atoms. The van der Waals surface area contributed by atoms with E-state index in [2.05, 4.69) is 15.5 Å². The van der Waals surface area contributed by atoms with Crippen LogP contribution in [0.1, 0.15) is 31.2 Å². The Balaban J connectivity index is 1.29. The van der Waals surface area contributed by atoms with E-state index in [1.807, 2.05) is 30.3 Å². The van der Waals surface area contributed by atoms with Crippen LogP contribution < -0.4 is 10.6 Å². The highest BCUT2D eigenvalue weighted by Gasteiger charge is 2.36. The fourth-order valence-corrected chi connectivity index (χ4v) is 3.64. The Kier molecular flexibility index (Phi) is 5.88. The predicted octanol–water partition coefficient (Wildman–Crippen LogP) is 2.13. The summed E-state index contributed by atoms with van der Waals surface area (Å²) in [6, 6.07) is 10.9. The van der Waals surface area contributed by atoms with Crippen molar-refractivity contribution in [3.8, 4) is 0 Å². The predicted molar refractivity (Wildman–Crippen MR) is 90.2 cm³/mol. The number of carbonyl (C=O) groups excluding carboxylic acids is 1. The van der Waals surface area contributed by atoms with Gasteiger partial charge in [0, 0.05) is 25.2 Å². The topological polar surface area (TPSA) is 53.6 Å². The van der Waals surface area contributed by atoms with Crippen LogP contribution in [0.15, 0.2) is 30.3 Å². The first-order valence-corrected chi connectivity index (χ1v) is 8.73. The number of carbonyl (C=O) groups is 1. The highest BCUT2D eigenvalue weighted by atomic mass is 16.5. The number of amides is 2. The Labute approximate surface area is 138 Å². The molecule has 3 rings (SSSR count). The molecule has 2 saturated heterocycles. The summed E-state index contributed by atoms with van der Waals surface area (Å²) in [7, 11) is 0. The van der Waals surface area contributed by atoms with E-state index in [1.165, 1.54) is 25.8 Å². The maximum atomic E-state index is 12.0. The molecule has 5 nitrogen and oxygen atoms in total. The number of urea groups is 1. The molecule has 1 aromatic carbocycles. The standard InChI is InChI=1S/C18H27N3O2/c22-18(19-10-13-23-14-15-6-2-1-3-7-15)20-16-9-12-21-11-5-4-8-17(16)21/h1-3,6-7,16-17H,4-5,8-14H2,(H2,19,20,22)/t16-,17+/m1/s1. The van der Waals surface area contributed by atoms with Crippen LogP contribution in [-0.2, 0) is 11.3 Å². The third kappa shape index (κ3) is 4.69. The highest BCUT2D eigenvalue weighted by molar-refractivity contribution is 5.74. The number of benzene rings is 1. The third-order valence-electron chi connectivity index (χ3n) is 4.82. The van der Waals surface area contributed by atoms with E-state index < -0.39 is 0 Å². The molecule has 0 saturated carbocycles. The fourth-order valence-electron chi connectivity index (χ4n) is 3.64. The minimum atomic E-state index is -0.0641. The molecule has 0 spiro atoms. The van der Waals surface area contributed by atoms with Crippen LogP contribution in [-0.4, -0.2) is 49.3 Å². The van der Waals surface area contributed by atoms with Crippen molar-refractivity contribution in [3.05, 3.63) is 35.9 Å². The number of rotatable bonds is 6. The highest BCUT2D eigenvalue weighted by Crippen LogP contribution is 2.26. The van der Waals surface area contributed by atoms with Gasteiger partial charge in [-0.1, -0.05) is 36.8 Å². The number of fused-ring (bicyclic) bond motifs is 1. The lowest BCUT2D eigenvalue weighted by atomic mass is 9.99. The number of nitrogens with zero attached hydrogens (tertiary/aromatic N) is 1. The number of ether oxygens (including phenoxy) is 1. The molecule has 2 aliphatic rings. The van der Waals surface area contributed by atoms with Crippen molar-refractivity contribution in [2.75, 3.05) is 26.2 Å². The van der Waals surface area contributed by atoms with E-state index in [9.17, 15) is 4.79 Å². The SMILES string of the molecule is O=C(NCCOCc1ccccc1)N[C@@H]1CCN2CCCC[C@@H]12. The molecule has 2 aliphatic heterocycles. The van der Waals surface area contributed by atoms with Crippen LogP contribution in [0.5, 0.6) is 0 Å². The molecule has 0 aliphatic carbocycles. The summed E-state index contributed by atoms with van der Waals surface area (Å²) in [4.78, 5) is 14.5. The van der Waals surface area contributed by atoms with Gasteiger partial charge in [-0.25, -0.2) is 4.79 Å². The number of hydrogen-bond donors (Lipinski definition) is 2. The van der Waals surface area contributed by atoms with E-state index >= 15 is 0 Å². The van der Waals surface area contributed by atoms with Gasteiger partial charge in [-0.2, -0.15) is 0 Å². The third-order valence-corrected chi connectivity index (χ3v) is 4.82. The van der Waals surface area contributed by atoms with E-state index in [0.29, 0.717) is 31.8 Å². The summed E-state index contributed by atoms with van der Waals surface area (Å²) in [6.07, 6.45) is 4.87. The van der Waals surface area contributed by atoms with Crippen LogP contribution in [0, 0.1) is 0 Å². The molecule has 126 valence electrons. The van der Waals surface area contributed by atoms with Gasteiger partial charge in [-0.05, 0) is 31.4 Å². The van der Waals surface area contributed by atoms with Gasteiger partial charge >= 0.3 is 6.03 Å². The van der Waals surface area contributed by atoms with Gasteiger partial charge in [0.2, 0.25) is 0 Å². The average molecular weight is 317 g/mol. The minimum absolute atomic E-state index is 0.0641. The zero-order valence-electron chi connectivity index (χ0n) is 13.7. The molecule has 2 heterocycles. The largest absolute Gasteiger partial charge is 0.375 e. The van der Waals surface area contributed by atoms with Gasteiger partial charge in [0.15, 0.2) is 0 Å². The maximum absolute atomic E-state index is 12.0. The van der Waals surface area contributed by atoms with Crippen LogP contribution in [0.25, 0.3) is 0 Å². The van der Waals surface area contributed by atoms with E-state index in [0.717, 1.165) is 18.5 Å². The molecule has 2 amide bonds. The Morgan fingerprint density at radius 3 is 2.91 bits per heavy atom. The van der Waals surface area contributed by atoms with Crippen molar-refractivity contribution in [2.24, 2.45) is 0 Å². The number of nitrogens with one attached hydrogen (secondary N) is 2. The minimum Gasteiger partial charge on any atom is -0.375 e. The summed E-state index contributed by atoms with van der Waals surface area (Å²) in [6.45, 7) is 3.97. The van der Waals surface area contributed by atoms with Crippen molar-refractivity contribution < 1.29 is 9.53 Å². The van der Waals surface area contributed by atoms with Crippen molar-refractivity contribution in [3.63, 3.8) is 0 Å². The van der Waals surface area contributed by atoms with Crippen molar-refractivity contribution in [1.82, 2.24) is 15.5 Å². The molecule has 5 heteroatoms. The Bertz CT molecular complexity index is 494. The summed E-state index contributed by atoms with van der Waals surface area (Å²) >= 11 is 0. The van der Waals surface area contributed by atoms with Gasteiger partial charge in [0.1, 0.15) is 0 Å². The molecule has 2 N–H and O–H groups in total. The van der Waals surface area contributed by atoms with Crippen LogP contribution in [0.3, 0.4) is 0 Å². The number of piperidine rings is 1. The summed E-state index contributed by atoms with van der Waals surface area (Å²) < 4.78 is 5.58. The molecular formula is C18H27N3O2. The molecule has 2 fully saturated rings. The Hall–Kier alpha value is -1.59. The normalized spacial score (nSPS) is 24.2. The molecule has 0 bridgehead atoms. The second-order valence-corrected chi connectivity index (χ2v) is 6.43. The Morgan fingerprint density at radius 2 is 2.04 bits per heavy atom. The number of hydrogen-bond acceptors (Lipinski definition) is 3. The Morgan fingerprint density at radius 1 is 1.17 bits per heavy atom. The van der Waals surface area contributed by atoms with Gasteiger partial charge in [0.05, 0.1) is 13.2 Å². The molecule has 1 aromatic rings. The van der Waals surface area contributed by atoms with Crippen molar-refractivity contribution in [2.45, 2.75) is 44.4 Å². The van der Waals surface area contributed by atoms with Gasteiger partial charge in [-0.15, -0.1) is 0 Å². The van der Waals surface area contributed by atoms with Crippen molar-refractivity contribution in [1.29, 1.82) is 0 Å². The zero-order valence-corrected chi connectivity index (χ0v) is 13.7. The van der Waals surface area contributed by atoms with Gasteiger partial charge in [-0.3, -0.25) is 4.90 Å². The van der Waals surface area contributed by atoms with E-state index in [-0.39, 0.29) is 6.03 Å². The summed E-state index contributed by atoms with van der Waals surface area (Å²) in [5.74, 6) is 0. The average Bonchev–Trinajstić information content (AvgIpc) is 2.99. The molecule has 0 aromatic heterocycles. The second kappa shape index (κ2) is 8.31. The van der Waals surface area contributed by atoms with Crippen molar-refractivity contribution >= 4 is 6.03 Å². The molecule has 2 atom stereocenters. The smallest absolute Gasteiger partial charge is 0.315 e. The van der Waals surface area contributed by atoms with Crippen LogP contribution >= 0.6 is 0 Å². The van der Waals surface area contributed by atoms with Crippen LogP contribution in [0.4, 0.5) is 4.79 Å². The first-order valence-electron chi connectivity index (χ1n) is 8.73. The lowest BCUT2D eigenvalue weighted by Gasteiger charge is -2.32. The summed E-state index contributed by atoms with van der Waals surface area (Å²) in [5, 5.41) is 6.04. The molecule has 0 radical (unpaired) electrons. The quantitative estimate of drug-likeness (QED) is 0.790. The molecular weight excluding hydrogens is 290 g/mol. The molecule has 0 unspecified atom stereocenters. The van der Waals surface area contributed by atoms with Gasteiger partial charge < -0.3 is 15.4 Å². The van der Waals surface area contributed by atoms with E-state index in [4.69, 9.17) is 4.74 Å². The van der Waals surface area contributed by atoms with E-state index in [1.54, 1.807) is 0 Å². The van der Waals surface area contributed by atoms with Crippen LogP contribution in [0.2, 0.25) is 0 Å². The second-order valence-electron chi connectivity index (χ2n) is 6.43. The monoisotopic (exact) mass is 317 g/mol. The lowest BCUT2D eigenvalue weighted by Crippen LogP contribution is -2.50. The first kappa shape index (κ1) is 16.3. The maximum Gasteiger partial charge on any atom is 0.315 e. The zero-order chi connectivity index (χ0) is 15.9. The fraction of sp³-hybridized carbons (Fsp3) is 0.611. The van der Waals surface area contributed by atoms with Gasteiger partial charge in [0.25, 0.3) is 0 Å². The summed E-state index contributed by atoms with van der Waals surface area (Å²) in [5.41, 5.74) is 1.15. The first-order chi connectivity index (χ1) is 11.3.